The highest BCUT2D eigenvalue weighted by Gasteiger charge is 2.11. The standard InChI is InChI=1S/C22H25N3O2S/c1-4-5-12-23-21-18-8-6-7-9-19(18)24-22(25-21)28-14-17-13-16(15(2)26)10-11-20(17)27-3/h6-11,13H,4-5,12,14H2,1-3H3,(H,23,24,25). The first-order valence-corrected chi connectivity index (χ1v) is 10.4. The van der Waals surface area contributed by atoms with Crippen LogP contribution in [0.5, 0.6) is 5.75 Å². The molecule has 3 aromatic rings. The number of thioether (sulfide) groups is 1. The number of carbonyl (C=O) groups is 1. The van der Waals surface area contributed by atoms with Crippen LogP contribution in [0.25, 0.3) is 10.9 Å². The number of carbonyl (C=O) groups excluding carboxylic acids is 1. The predicted octanol–water partition coefficient (Wildman–Crippen LogP) is 5.35. The second-order valence-electron chi connectivity index (χ2n) is 6.52. The third-order valence-corrected chi connectivity index (χ3v) is 5.35. The Morgan fingerprint density at radius 2 is 2.00 bits per heavy atom. The van der Waals surface area contributed by atoms with Crippen molar-refractivity contribution in [3.63, 3.8) is 0 Å². The highest BCUT2D eigenvalue weighted by molar-refractivity contribution is 7.98. The molecular weight excluding hydrogens is 370 g/mol. The van der Waals surface area contributed by atoms with Crippen LogP contribution < -0.4 is 10.1 Å². The molecule has 2 aromatic carbocycles. The summed E-state index contributed by atoms with van der Waals surface area (Å²) in [6, 6.07) is 13.5. The normalized spacial score (nSPS) is 10.8. The van der Waals surface area contributed by atoms with Crippen molar-refractivity contribution in [3.05, 3.63) is 53.6 Å². The van der Waals surface area contributed by atoms with E-state index in [0.717, 1.165) is 47.4 Å². The highest BCUT2D eigenvalue weighted by atomic mass is 32.2. The number of aromatic nitrogens is 2. The molecule has 1 N–H and O–H groups in total. The largest absolute Gasteiger partial charge is 0.496 e. The van der Waals surface area contributed by atoms with Gasteiger partial charge >= 0.3 is 0 Å². The Morgan fingerprint density at radius 1 is 1.18 bits per heavy atom. The van der Waals surface area contributed by atoms with Gasteiger partial charge in [0.2, 0.25) is 0 Å². The van der Waals surface area contributed by atoms with Crippen molar-refractivity contribution < 1.29 is 9.53 Å². The third-order valence-electron chi connectivity index (χ3n) is 4.45. The van der Waals surface area contributed by atoms with Crippen LogP contribution in [-0.2, 0) is 5.75 Å². The number of Topliss-reactive ketones (excluding diaryl/α,β-unsaturated/α-hetero) is 1. The number of para-hydroxylation sites is 1. The number of nitrogens with one attached hydrogen (secondary N) is 1. The number of benzene rings is 2. The number of ketones is 1. The maximum atomic E-state index is 11.7. The zero-order chi connectivity index (χ0) is 19.9. The lowest BCUT2D eigenvalue weighted by atomic mass is 10.1. The van der Waals surface area contributed by atoms with E-state index >= 15 is 0 Å². The first-order valence-electron chi connectivity index (χ1n) is 9.43. The summed E-state index contributed by atoms with van der Waals surface area (Å²) in [5.41, 5.74) is 2.55. The fourth-order valence-corrected chi connectivity index (χ4v) is 3.72. The lowest BCUT2D eigenvalue weighted by Gasteiger charge is -2.12. The Bertz CT molecular complexity index is 975. The van der Waals surface area contributed by atoms with Crippen LogP contribution in [0, 0.1) is 0 Å². The number of unbranched alkanes of at least 4 members (excludes halogenated alkanes) is 1. The summed E-state index contributed by atoms with van der Waals surface area (Å²) < 4.78 is 5.45. The van der Waals surface area contributed by atoms with Gasteiger partial charge in [-0.15, -0.1) is 0 Å². The fraction of sp³-hybridized carbons (Fsp3) is 0.318. The van der Waals surface area contributed by atoms with E-state index in [2.05, 4.69) is 12.2 Å². The minimum absolute atomic E-state index is 0.0401. The molecule has 28 heavy (non-hydrogen) atoms. The monoisotopic (exact) mass is 395 g/mol. The molecule has 0 spiro atoms. The number of hydrogen-bond acceptors (Lipinski definition) is 6. The average Bonchev–Trinajstić information content (AvgIpc) is 2.72. The van der Waals surface area contributed by atoms with Gasteiger partial charge in [0.05, 0.1) is 12.6 Å². The Morgan fingerprint density at radius 3 is 2.75 bits per heavy atom. The Hall–Kier alpha value is -2.60. The third kappa shape index (κ3) is 4.81. The van der Waals surface area contributed by atoms with Crippen molar-refractivity contribution in [2.24, 2.45) is 0 Å². The van der Waals surface area contributed by atoms with E-state index in [4.69, 9.17) is 14.7 Å². The first kappa shape index (κ1) is 20.1. The minimum Gasteiger partial charge on any atom is -0.496 e. The molecule has 0 bridgehead atoms. The van der Waals surface area contributed by atoms with Gasteiger partial charge < -0.3 is 10.1 Å². The Kier molecular flexibility index (Phi) is 6.87. The van der Waals surface area contributed by atoms with Gasteiger partial charge in [-0.2, -0.15) is 0 Å². The molecule has 0 saturated heterocycles. The summed E-state index contributed by atoms with van der Waals surface area (Å²) in [6.45, 7) is 4.62. The Balaban J connectivity index is 1.86. The van der Waals surface area contributed by atoms with Crippen LogP contribution in [-0.4, -0.2) is 29.4 Å². The van der Waals surface area contributed by atoms with Gasteiger partial charge in [-0.05, 0) is 43.7 Å². The maximum absolute atomic E-state index is 11.7. The molecule has 146 valence electrons. The van der Waals surface area contributed by atoms with E-state index in [0.29, 0.717) is 16.5 Å². The molecule has 0 atom stereocenters. The second-order valence-corrected chi connectivity index (χ2v) is 7.47. The van der Waals surface area contributed by atoms with Gasteiger partial charge in [0.1, 0.15) is 11.6 Å². The molecule has 0 amide bonds. The van der Waals surface area contributed by atoms with Crippen LogP contribution in [0.1, 0.15) is 42.6 Å². The summed E-state index contributed by atoms with van der Waals surface area (Å²) in [5, 5.41) is 5.17. The summed E-state index contributed by atoms with van der Waals surface area (Å²) >= 11 is 1.54. The Labute approximate surface area is 169 Å². The maximum Gasteiger partial charge on any atom is 0.190 e. The predicted molar refractivity (Wildman–Crippen MR) is 115 cm³/mol. The van der Waals surface area contributed by atoms with Crippen LogP contribution >= 0.6 is 11.8 Å². The zero-order valence-corrected chi connectivity index (χ0v) is 17.3. The van der Waals surface area contributed by atoms with E-state index in [9.17, 15) is 4.79 Å². The number of fused-ring (bicyclic) bond motifs is 1. The van der Waals surface area contributed by atoms with Gasteiger partial charge in [-0.3, -0.25) is 4.79 Å². The van der Waals surface area contributed by atoms with E-state index in [-0.39, 0.29) is 5.78 Å². The smallest absolute Gasteiger partial charge is 0.190 e. The van der Waals surface area contributed by atoms with E-state index in [1.807, 2.05) is 36.4 Å². The molecule has 0 unspecified atom stereocenters. The molecule has 3 rings (SSSR count). The molecule has 6 heteroatoms. The van der Waals surface area contributed by atoms with Gasteiger partial charge in [0.15, 0.2) is 10.9 Å². The number of methoxy groups -OCH3 is 1. The number of ether oxygens (including phenoxy) is 1. The van der Waals surface area contributed by atoms with E-state index < -0.39 is 0 Å². The van der Waals surface area contributed by atoms with Gasteiger partial charge in [-0.25, -0.2) is 9.97 Å². The van der Waals surface area contributed by atoms with Gasteiger partial charge in [0, 0.05) is 28.8 Å². The topological polar surface area (TPSA) is 64.1 Å². The lowest BCUT2D eigenvalue weighted by Crippen LogP contribution is -2.05. The van der Waals surface area contributed by atoms with Crippen molar-refractivity contribution in [2.75, 3.05) is 19.0 Å². The van der Waals surface area contributed by atoms with Gasteiger partial charge in [0.25, 0.3) is 0 Å². The molecule has 0 radical (unpaired) electrons. The van der Waals surface area contributed by atoms with E-state index in [1.165, 1.54) is 11.8 Å². The number of nitrogens with zero attached hydrogens (tertiary/aromatic N) is 2. The second kappa shape index (κ2) is 9.55. The van der Waals surface area contributed by atoms with Crippen LogP contribution in [0.15, 0.2) is 47.6 Å². The highest BCUT2D eigenvalue weighted by Crippen LogP contribution is 2.30. The molecule has 0 fully saturated rings. The quantitative estimate of drug-likeness (QED) is 0.228. The fourth-order valence-electron chi connectivity index (χ4n) is 2.89. The van der Waals surface area contributed by atoms with Crippen molar-refractivity contribution in [1.29, 1.82) is 0 Å². The molecule has 5 nitrogen and oxygen atoms in total. The van der Waals surface area contributed by atoms with Gasteiger partial charge in [-0.1, -0.05) is 37.2 Å². The molecular formula is C22H25N3O2S. The van der Waals surface area contributed by atoms with Crippen LogP contribution in [0.4, 0.5) is 5.82 Å². The van der Waals surface area contributed by atoms with Crippen molar-refractivity contribution in [1.82, 2.24) is 9.97 Å². The lowest BCUT2D eigenvalue weighted by molar-refractivity contribution is 0.101. The van der Waals surface area contributed by atoms with Crippen LogP contribution in [0.3, 0.4) is 0 Å². The van der Waals surface area contributed by atoms with Crippen LogP contribution in [0.2, 0.25) is 0 Å². The number of rotatable bonds is 9. The van der Waals surface area contributed by atoms with Crippen molar-refractivity contribution in [2.45, 2.75) is 37.6 Å². The average molecular weight is 396 g/mol. The SMILES string of the molecule is CCCCNc1nc(SCc2cc(C(C)=O)ccc2OC)nc2ccccc12. The molecule has 0 aliphatic rings. The number of hydrogen-bond donors (Lipinski definition) is 1. The molecule has 0 saturated carbocycles. The summed E-state index contributed by atoms with van der Waals surface area (Å²) in [5.74, 6) is 2.29. The summed E-state index contributed by atoms with van der Waals surface area (Å²) in [4.78, 5) is 21.1. The first-order chi connectivity index (χ1) is 13.6. The molecule has 0 aliphatic heterocycles. The minimum atomic E-state index is 0.0401. The zero-order valence-electron chi connectivity index (χ0n) is 16.5. The van der Waals surface area contributed by atoms with Crippen molar-refractivity contribution in [3.8, 4) is 5.75 Å². The summed E-state index contributed by atoms with van der Waals surface area (Å²) in [7, 11) is 1.64. The molecule has 1 aromatic heterocycles. The number of anilines is 1. The van der Waals surface area contributed by atoms with E-state index in [1.54, 1.807) is 20.1 Å². The molecule has 1 heterocycles. The molecule has 0 aliphatic carbocycles. The summed E-state index contributed by atoms with van der Waals surface area (Å²) in [6.07, 6.45) is 2.22. The van der Waals surface area contributed by atoms with Crippen molar-refractivity contribution >= 4 is 34.3 Å².